The van der Waals surface area contributed by atoms with E-state index in [1.54, 1.807) is 12.2 Å². The van der Waals surface area contributed by atoms with E-state index < -0.39 is 5.91 Å². The zero-order valence-electron chi connectivity index (χ0n) is 21.5. The second kappa shape index (κ2) is 14.2. The molecule has 2 aromatic heterocycles. The van der Waals surface area contributed by atoms with Crippen molar-refractivity contribution >= 4 is 54.5 Å². The number of rotatable bonds is 10. The minimum absolute atomic E-state index is 0. The molecule has 8 nitrogen and oxygen atoms in total. The molecule has 3 rings (SSSR count). The summed E-state index contributed by atoms with van der Waals surface area (Å²) in [6.07, 6.45) is 11.0. The second-order valence-electron chi connectivity index (χ2n) is 8.95. The Morgan fingerprint density at radius 3 is 2.17 bits per heavy atom. The van der Waals surface area contributed by atoms with Gasteiger partial charge in [-0.05, 0) is 51.7 Å². The average molecular weight is 525 g/mol. The summed E-state index contributed by atoms with van der Waals surface area (Å²) in [6, 6.07) is 0. The monoisotopic (exact) mass is 523 g/mol. The zero-order valence-corrected chi connectivity index (χ0v) is 23.1. The molecule has 3 heterocycles. The second-order valence-corrected chi connectivity index (χ2v) is 8.95. The fourth-order valence-electron chi connectivity index (χ4n) is 4.21. The van der Waals surface area contributed by atoms with Crippen molar-refractivity contribution in [1.82, 2.24) is 19.9 Å². The first-order valence-corrected chi connectivity index (χ1v) is 12.0. The first-order chi connectivity index (χ1) is 15.8. The van der Waals surface area contributed by atoms with Crippen molar-refractivity contribution in [1.29, 1.82) is 0 Å². The van der Waals surface area contributed by atoms with Gasteiger partial charge in [0.15, 0.2) is 11.6 Å². The quantitative estimate of drug-likeness (QED) is 0.446. The molecule has 1 aliphatic rings. The summed E-state index contributed by atoms with van der Waals surface area (Å²) in [5.74, 6) is 2.26. The van der Waals surface area contributed by atoms with Gasteiger partial charge in [-0.25, -0.2) is 19.9 Å². The van der Waals surface area contributed by atoms with Crippen LogP contribution in [-0.2, 0) is 6.42 Å². The normalized spacial score (nSPS) is 13.0. The smallest absolute Gasteiger partial charge is 0.267 e. The Morgan fingerprint density at radius 2 is 1.60 bits per heavy atom. The molecule has 0 bridgehead atoms. The highest BCUT2D eigenvalue weighted by molar-refractivity contribution is 5.94. The Morgan fingerprint density at radius 1 is 0.971 bits per heavy atom. The zero-order chi connectivity index (χ0) is 24.0. The lowest BCUT2D eigenvalue weighted by Gasteiger charge is -2.22. The van der Waals surface area contributed by atoms with Crippen molar-refractivity contribution in [2.45, 2.75) is 65.7 Å². The van der Waals surface area contributed by atoms with Crippen LogP contribution in [0.15, 0.2) is 0 Å². The van der Waals surface area contributed by atoms with Crippen LogP contribution in [0.2, 0.25) is 0 Å². The summed E-state index contributed by atoms with van der Waals surface area (Å²) in [4.78, 5) is 35.2. The van der Waals surface area contributed by atoms with Crippen LogP contribution in [0.4, 0.5) is 11.6 Å². The molecule has 0 aromatic carbocycles. The minimum Gasteiger partial charge on any atom is -0.364 e. The molecule has 10 heteroatoms. The fraction of sp³-hybridized carbons (Fsp3) is 0.560. The number of halogens is 2. The van der Waals surface area contributed by atoms with E-state index in [1.807, 2.05) is 32.8 Å². The first-order valence-electron chi connectivity index (χ1n) is 12.0. The van der Waals surface area contributed by atoms with Gasteiger partial charge >= 0.3 is 0 Å². The van der Waals surface area contributed by atoms with Crippen LogP contribution in [0.5, 0.6) is 0 Å². The summed E-state index contributed by atoms with van der Waals surface area (Å²) in [5.41, 5.74) is 8.96. The molecule has 1 aliphatic heterocycles. The highest BCUT2D eigenvalue weighted by Gasteiger charge is 2.23. The highest BCUT2D eigenvalue weighted by Crippen LogP contribution is 2.27. The van der Waals surface area contributed by atoms with Gasteiger partial charge < -0.3 is 15.5 Å². The third-order valence-corrected chi connectivity index (χ3v) is 6.11. The predicted molar refractivity (Wildman–Crippen MR) is 149 cm³/mol. The lowest BCUT2D eigenvalue weighted by Crippen LogP contribution is -2.25. The summed E-state index contributed by atoms with van der Waals surface area (Å²) in [6.45, 7) is 8.05. The number of carbonyl (C=O) groups excluding carboxylic acids is 1. The van der Waals surface area contributed by atoms with E-state index in [0.717, 1.165) is 80.1 Å². The maximum Gasteiger partial charge on any atom is 0.267 e. The van der Waals surface area contributed by atoms with E-state index in [0.29, 0.717) is 17.3 Å². The van der Waals surface area contributed by atoms with Gasteiger partial charge in [0, 0.05) is 44.0 Å². The maximum atomic E-state index is 12.4. The van der Waals surface area contributed by atoms with Gasteiger partial charge in [-0.3, -0.25) is 4.79 Å². The molecular weight excluding hydrogens is 485 g/mol. The van der Waals surface area contributed by atoms with Crippen LogP contribution in [0.3, 0.4) is 0 Å². The number of anilines is 2. The number of primary amides is 1. The van der Waals surface area contributed by atoms with Crippen LogP contribution in [0.25, 0.3) is 12.2 Å². The standard InChI is InChI=1S/C25H37N7O.2ClH/c1-6-7-8-9-12-19-22(23(26)33)28-21(30-25(19)32-15-10-11-16-32)14-13-20-27-18(3)17(2)24(29-20)31(4)5;;/h13-14H,6-12,15-16H2,1-5H3,(H2,26,33);2*1H. The average Bonchev–Trinajstić information content (AvgIpc) is 3.32. The SMILES string of the molecule is CCCCCCc1c(C(N)=O)nc(C=Cc2nc(C)c(C)c(N(C)C)n2)nc1N1CCCC1.Cl.Cl. The lowest BCUT2D eigenvalue weighted by atomic mass is 10.0. The van der Waals surface area contributed by atoms with Gasteiger partial charge in [-0.15, -0.1) is 24.8 Å². The van der Waals surface area contributed by atoms with Crippen molar-refractivity contribution in [3.63, 3.8) is 0 Å². The molecule has 1 amide bonds. The molecule has 194 valence electrons. The molecule has 35 heavy (non-hydrogen) atoms. The molecule has 2 aromatic rings. The van der Waals surface area contributed by atoms with Gasteiger partial charge in [0.1, 0.15) is 17.3 Å². The molecular formula is C25H39Cl2N7O. The third kappa shape index (κ3) is 7.77. The van der Waals surface area contributed by atoms with Crippen molar-refractivity contribution in [3.05, 3.63) is 34.2 Å². The third-order valence-electron chi connectivity index (χ3n) is 6.11. The van der Waals surface area contributed by atoms with Gasteiger partial charge in [0.2, 0.25) is 0 Å². The lowest BCUT2D eigenvalue weighted by molar-refractivity contribution is 0.0994. The number of amides is 1. The first kappa shape index (κ1) is 30.6. The molecule has 0 aliphatic carbocycles. The van der Waals surface area contributed by atoms with Crippen molar-refractivity contribution < 1.29 is 4.79 Å². The van der Waals surface area contributed by atoms with Crippen LogP contribution < -0.4 is 15.5 Å². The summed E-state index contributed by atoms with van der Waals surface area (Å²) in [5, 5.41) is 0. The van der Waals surface area contributed by atoms with Gasteiger partial charge in [-0.1, -0.05) is 26.2 Å². The Bertz CT molecular complexity index is 1020. The predicted octanol–water partition coefficient (Wildman–Crippen LogP) is 4.79. The minimum atomic E-state index is -0.504. The van der Waals surface area contributed by atoms with E-state index >= 15 is 0 Å². The number of nitrogens with zero attached hydrogens (tertiary/aromatic N) is 6. The molecule has 0 atom stereocenters. The fourth-order valence-corrected chi connectivity index (χ4v) is 4.21. The molecule has 1 saturated heterocycles. The molecule has 1 fully saturated rings. The summed E-state index contributed by atoms with van der Waals surface area (Å²) >= 11 is 0. The van der Waals surface area contributed by atoms with E-state index in [-0.39, 0.29) is 24.8 Å². The van der Waals surface area contributed by atoms with Crippen molar-refractivity contribution in [3.8, 4) is 0 Å². The van der Waals surface area contributed by atoms with Gasteiger partial charge in [-0.2, -0.15) is 0 Å². The summed E-state index contributed by atoms with van der Waals surface area (Å²) in [7, 11) is 3.93. The highest BCUT2D eigenvalue weighted by atomic mass is 35.5. The molecule has 0 saturated carbocycles. The van der Waals surface area contributed by atoms with E-state index in [4.69, 9.17) is 10.7 Å². The van der Waals surface area contributed by atoms with E-state index in [1.165, 1.54) is 6.42 Å². The Kier molecular flexibility index (Phi) is 12.4. The number of unbranched alkanes of at least 4 members (excludes halogenated alkanes) is 3. The topological polar surface area (TPSA) is 101 Å². The van der Waals surface area contributed by atoms with Crippen LogP contribution in [0.1, 0.15) is 84.4 Å². The number of aromatic nitrogens is 4. The molecule has 2 N–H and O–H groups in total. The van der Waals surface area contributed by atoms with Crippen LogP contribution in [-0.4, -0.2) is 53.0 Å². The maximum absolute atomic E-state index is 12.4. The van der Waals surface area contributed by atoms with Crippen molar-refractivity contribution in [2.24, 2.45) is 5.73 Å². The van der Waals surface area contributed by atoms with Gasteiger partial charge in [0.25, 0.3) is 5.91 Å². The number of aryl methyl sites for hydroxylation is 1. The van der Waals surface area contributed by atoms with Crippen LogP contribution in [0, 0.1) is 13.8 Å². The van der Waals surface area contributed by atoms with Crippen LogP contribution >= 0.6 is 24.8 Å². The Hall–Kier alpha value is -2.45. The Labute approximate surface area is 221 Å². The number of hydrogen-bond acceptors (Lipinski definition) is 7. The number of hydrogen-bond donors (Lipinski definition) is 1. The molecule has 0 spiro atoms. The largest absolute Gasteiger partial charge is 0.364 e. The Balaban J connectivity index is 0.00000306. The number of nitrogens with two attached hydrogens (primary N) is 1. The van der Waals surface area contributed by atoms with Crippen molar-refractivity contribution in [2.75, 3.05) is 37.0 Å². The molecule has 0 unspecified atom stereocenters. The van der Waals surface area contributed by atoms with Gasteiger partial charge in [0.05, 0.1) is 0 Å². The molecule has 0 radical (unpaired) electrons. The van der Waals surface area contributed by atoms with E-state index in [2.05, 4.69) is 26.8 Å². The summed E-state index contributed by atoms with van der Waals surface area (Å²) < 4.78 is 0. The number of carbonyl (C=O) groups is 1. The van der Waals surface area contributed by atoms with E-state index in [9.17, 15) is 4.79 Å².